The number of nitrogens with zero attached hydrogens (tertiary/aromatic N) is 2. The van der Waals surface area contributed by atoms with Crippen molar-refractivity contribution in [1.82, 2.24) is 15.3 Å². The fraction of sp³-hybridized carbons (Fsp3) is 0.320. The maximum atomic E-state index is 12.5. The Hall–Kier alpha value is -2.73. The van der Waals surface area contributed by atoms with E-state index < -0.39 is 0 Å². The average Bonchev–Trinajstić information content (AvgIpc) is 2.79. The summed E-state index contributed by atoms with van der Waals surface area (Å²) in [6.07, 6.45) is 3.92. The molecule has 160 valence electrons. The lowest BCUT2D eigenvalue weighted by atomic mass is 9.91. The van der Waals surface area contributed by atoms with E-state index in [1.807, 2.05) is 30.3 Å². The van der Waals surface area contributed by atoms with Gasteiger partial charge in [-0.25, -0.2) is 4.98 Å². The number of fused-ring (bicyclic) bond motifs is 3. The van der Waals surface area contributed by atoms with Gasteiger partial charge in [0.25, 0.3) is 0 Å². The molecule has 0 atom stereocenters. The maximum absolute atomic E-state index is 12.5. The molecule has 0 fully saturated rings. The van der Waals surface area contributed by atoms with E-state index in [1.165, 1.54) is 5.56 Å². The summed E-state index contributed by atoms with van der Waals surface area (Å²) in [6.45, 7) is 2.54. The first-order valence-corrected chi connectivity index (χ1v) is 11.4. The second-order valence-corrected chi connectivity index (χ2v) is 8.68. The number of benzene rings is 2. The number of hydrogen-bond acceptors (Lipinski definition) is 4. The molecular weight excluding hydrogens is 454 g/mol. The SMILES string of the molecule is CCCc1nc2c(nc1CNC(=O)Cc1ccc(Br)cc1)CCc1cc(OC)ccc1-2. The van der Waals surface area contributed by atoms with E-state index in [4.69, 9.17) is 14.7 Å². The highest BCUT2D eigenvalue weighted by atomic mass is 79.9. The van der Waals surface area contributed by atoms with Gasteiger partial charge in [-0.15, -0.1) is 0 Å². The molecule has 1 N–H and O–H groups in total. The molecule has 1 amide bonds. The molecule has 4 rings (SSSR count). The third-order valence-electron chi connectivity index (χ3n) is 5.54. The maximum Gasteiger partial charge on any atom is 0.224 e. The molecule has 31 heavy (non-hydrogen) atoms. The topological polar surface area (TPSA) is 64.1 Å². The van der Waals surface area contributed by atoms with Gasteiger partial charge in [-0.1, -0.05) is 41.4 Å². The van der Waals surface area contributed by atoms with Gasteiger partial charge in [0.1, 0.15) is 5.75 Å². The normalized spacial score (nSPS) is 12.1. The minimum absolute atomic E-state index is 0.0123. The number of rotatable bonds is 7. The number of amides is 1. The highest BCUT2D eigenvalue weighted by Crippen LogP contribution is 2.34. The Labute approximate surface area is 191 Å². The van der Waals surface area contributed by atoms with Crippen LogP contribution in [0.4, 0.5) is 0 Å². The van der Waals surface area contributed by atoms with E-state index in [9.17, 15) is 4.79 Å². The highest BCUT2D eigenvalue weighted by molar-refractivity contribution is 9.10. The fourth-order valence-corrected chi connectivity index (χ4v) is 4.20. The van der Waals surface area contributed by atoms with Crippen LogP contribution in [0.5, 0.6) is 5.75 Å². The summed E-state index contributed by atoms with van der Waals surface area (Å²) in [4.78, 5) is 22.4. The Morgan fingerprint density at radius 2 is 1.90 bits per heavy atom. The summed E-state index contributed by atoms with van der Waals surface area (Å²) in [5.41, 5.74) is 7.19. The Morgan fingerprint density at radius 1 is 1.10 bits per heavy atom. The van der Waals surface area contributed by atoms with E-state index in [0.717, 1.165) is 69.8 Å². The van der Waals surface area contributed by atoms with Crippen molar-refractivity contribution in [3.63, 3.8) is 0 Å². The van der Waals surface area contributed by atoms with E-state index in [0.29, 0.717) is 13.0 Å². The lowest BCUT2D eigenvalue weighted by Gasteiger charge is -2.21. The smallest absolute Gasteiger partial charge is 0.224 e. The molecule has 1 aromatic heterocycles. The summed E-state index contributed by atoms with van der Waals surface area (Å²) in [5.74, 6) is 0.857. The van der Waals surface area contributed by atoms with Gasteiger partial charge < -0.3 is 10.1 Å². The molecule has 3 aromatic rings. The van der Waals surface area contributed by atoms with Crippen molar-refractivity contribution < 1.29 is 9.53 Å². The molecule has 6 heteroatoms. The molecule has 0 spiro atoms. The van der Waals surface area contributed by atoms with Crippen molar-refractivity contribution in [3.05, 3.63) is 75.1 Å². The van der Waals surface area contributed by atoms with Crippen molar-refractivity contribution >= 4 is 21.8 Å². The Bertz CT molecular complexity index is 1100. The Balaban J connectivity index is 1.54. The van der Waals surface area contributed by atoms with Crippen molar-refractivity contribution in [1.29, 1.82) is 0 Å². The Morgan fingerprint density at radius 3 is 2.65 bits per heavy atom. The monoisotopic (exact) mass is 479 g/mol. The van der Waals surface area contributed by atoms with Crippen LogP contribution in [-0.4, -0.2) is 23.0 Å². The first-order valence-electron chi connectivity index (χ1n) is 10.6. The molecule has 5 nitrogen and oxygen atoms in total. The van der Waals surface area contributed by atoms with Crippen LogP contribution in [0.2, 0.25) is 0 Å². The fourth-order valence-electron chi connectivity index (χ4n) is 3.93. The van der Waals surface area contributed by atoms with Gasteiger partial charge in [0.2, 0.25) is 5.91 Å². The van der Waals surface area contributed by atoms with E-state index in [2.05, 4.69) is 40.3 Å². The third-order valence-corrected chi connectivity index (χ3v) is 6.07. The molecule has 0 saturated carbocycles. The summed E-state index contributed by atoms with van der Waals surface area (Å²) in [6, 6.07) is 14.0. The quantitative estimate of drug-likeness (QED) is 0.527. The lowest BCUT2D eigenvalue weighted by molar-refractivity contribution is -0.120. The van der Waals surface area contributed by atoms with Crippen LogP contribution in [0.3, 0.4) is 0 Å². The number of nitrogens with one attached hydrogen (secondary N) is 1. The summed E-state index contributed by atoms with van der Waals surface area (Å²) in [5, 5.41) is 3.03. The number of methoxy groups -OCH3 is 1. The summed E-state index contributed by atoms with van der Waals surface area (Å²) < 4.78 is 6.38. The molecule has 0 unspecified atom stereocenters. The van der Waals surface area contributed by atoms with Crippen LogP contribution in [0, 0.1) is 0 Å². The van der Waals surface area contributed by atoms with Crippen LogP contribution in [-0.2, 0) is 37.0 Å². The van der Waals surface area contributed by atoms with Crippen molar-refractivity contribution in [3.8, 4) is 17.0 Å². The molecule has 0 bridgehead atoms. The van der Waals surface area contributed by atoms with Crippen LogP contribution < -0.4 is 10.1 Å². The standard InChI is InChI=1S/C25H26BrN3O2/c1-3-4-21-23(15-27-24(30)13-16-5-8-18(26)9-6-16)28-22-12-7-17-14-19(31-2)10-11-20(17)25(22)29-21/h5-6,8-11,14H,3-4,7,12-13,15H2,1-2H3,(H,27,30). The molecule has 0 radical (unpaired) electrons. The molecule has 0 saturated heterocycles. The number of hydrogen-bond donors (Lipinski definition) is 1. The number of ether oxygens (including phenoxy) is 1. The summed E-state index contributed by atoms with van der Waals surface area (Å²) in [7, 11) is 1.69. The number of aromatic nitrogens is 2. The van der Waals surface area contributed by atoms with Crippen molar-refractivity contribution in [2.45, 2.75) is 45.6 Å². The zero-order valence-electron chi connectivity index (χ0n) is 17.9. The van der Waals surface area contributed by atoms with Crippen LogP contribution in [0.25, 0.3) is 11.3 Å². The minimum Gasteiger partial charge on any atom is -0.497 e. The summed E-state index contributed by atoms with van der Waals surface area (Å²) >= 11 is 3.42. The second kappa shape index (κ2) is 9.60. The number of halogens is 1. The zero-order valence-corrected chi connectivity index (χ0v) is 19.5. The molecule has 1 aliphatic carbocycles. The van der Waals surface area contributed by atoms with Crippen molar-refractivity contribution in [2.75, 3.05) is 7.11 Å². The van der Waals surface area contributed by atoms with Crippen LogP contribution in [0.1, 0.15) is 41.6 Å². The Kier molecular flexibility index (Phi) is 6.66. The molecule has 1 aliphatic rings. The molecule has 1 heterocycles. The van der Waals surface area contributed by atoms with Gasteiger partial charge in [-0.3, -0.25) is 9.78 Å². The van der Waals surface area contributed by atoms with Gasteiger partial charge in [0.15, 0.2) is 0 Å². The van der Waals surface area contributed by atoms with Gasteiger partial charge in [0.05, 0.1) is 42.9 Å². The highest BCUT2D eigenvalue weighted by Gasteiger charge is 2.22. The molecule has 2 aromatic carbocycles. The predicted molar refractivity (Wildman–Crippen MR) is 125 cm³/mol. The van der Waals surface area contributed by atoms with Crippen LogP contribution in [0.15, 0.2) is 46.9 Å². The first kappa shape index (κ1) is 21.5. The second-order valence-electron chi connectivity index (χ2n) is 7.77. The predicted octanol–water partition coefficient (Wildman–Crippen LogP) is 4.82. The van der Waals surface area contributed by atoms with E-state index in [-0.39, 0.29) is 5.91 Å². The van der Waals surface area contributed by atoms with Crippen molar-refractivity contribution in [2.24, 2.45) is 0 Å². The molecular formula is C25H26BrN3O2. The number of carbonyl (C=O) groups is 1. The minimum atomic E-state index is -0.0123. The first-order chi connectivity index (χ1) is 15.1. The lowest BCUT2D eigenvalue weighted by Crippen LogP contribution is -2.26. The third kappa shape index (κ3) is 4.96. The van der Waals surface area contributed by atoms with Gasteiger partial charge >= 0.3 is 0 Å². The number of carbonyl (C=O) groups excluding carboxylic acids is 1. The van der Waals surface area contributed by atoms with E-state index in [1.54, 1.807) is 7.11 Å². The van der Waals surface area contributed by atoms with E-state index >= 15 is 0 Å². The van der Waals surface area contributed by atoms with Gasteiger partial charge in [-0.2, -0.15) is 0 Å². The van der Waals surface area contributed by atoms with Crippen LogP contribution >= 0.6 is 15.9 Å². The molecule has 0 aliphatic heterocycles. The average molecular weight is 480 g/mol. The number of aryl methyl sites for hydroxylation is 3. The van der Waals surface area contributed by atoms with Gasteiger partial charge in [-0.05, 0) is 60.7 Å². The van der Waals surface area contributed by atoms with Gasteiger partial charge in [0, 0.05) is 10.0 Å². The zero-order chi connectivity index (χ0) is 21.8. The largest absolute Gasteiger partial charge is 0.497 e.